The van der Waals surface area contributed by atoms with Crippen LogP contribution in [0.25, 0.3) is 29.3 Å². The Bertz CT molecular complexity index is 3290. The van der Waals surface area contributed by atoms with Gasteiger partial charge in [-0.05, 0) is 120 Å². The Morgan fingerprint density at radius 2 is 0.642 bits per heavy atom. The Balaban J connectivity index is 1.01. The number of hydrogen-bond acceptors (Lipinski definition) is 10. The average molecular weight is 1400 g/mol. The van der Waals surface area contributed by atoms with Crippen LogP contribution in [-0.4, -0.2) is 49.8 Å². The molecule has 8 unspecified atom stereocenters. The minimum absolute atomic E-state index is 0.114. The molecule has 4 aliphatic heterocycles. The molecule has 0 aromatic carbocycles. The molecule has 1 aliphatic carbocycles. The summed E-state index contributed by atoms with van der Waals surface area (Å²) in [6, 6.07) is 14.3. The van der Waals surface area contributed by atoms with Crippen LogP contribution < -0.4 is 19.6 Å². The average Bonchev–Trinajstić information content (AvgIpc) is 1.55. The van der Waals surface area contributed by atoms with Gasteiger partial charge in [-0.3, -0.25) is 19.2 Å². The number of unbranched alkanes of at least 4 members (excludes halogenated alkanes) is 14. The first-order valence-electron chi connectivity index (χ1n) is 38.3. The van der Waals surface area contributed by atoms with E-state index in [2.05, 4.69) is 136 Å². The van der Waals surface area contributed by atoms with Crippen molar-refractivity contribution in [1.29, 1.82) is 0 Å². The summed E-state index contributed by atoms with van der Waals surface area (Å²) in [4.78, 5) is 82.3. The topological polar surface area (TPSA) is 81.2 Å². The van der Waals surface area contributed by atoms with Gasteiger partial charge in [0.05, 0.1) is 46.4 Å². The van der Waals surface area contributed by atoms with Gasteiger partial charge >= 0.3 is 0 Å². The Hall–Kier alpha value is -3.92. The quantitative estimate of drug-likeness (QED) is 0.0358. The van der Waals surface area contributed by atoms with Gasteiger partial charge < -0.3 is 19.6 Å². The summed E-state index contributed by atoms with van der Waals surface area (Å²) in [6.45, 7) is 25.6. The number of hydrogen-bond donors (Lipinski definition) is 0. The lowest BCUT2D eigenvalue weighted by atomic mass is 9.71. The van der Waals surface area contributed by atoms with Gasteiger partial charge in [0.25, 0.3) is 0 Å². The summed E-state index contributed by atoms with van der Waals surface area (Å²) in [7, 11) is 0. The van der Waals surface area contributed by atoms with Gasteiger partial charge in [-0.2, -0.15) is 0 Å². The molecule has 6 aromatic rings. The van der Waals surface area contributed by atoms with Gasteiger partial charge in [0.1, 0.15) is 0 Å². The molecule has 0 radical (unpaired) electrons. The van der Waals surface area contributed by atoms with Gasteiger partial charge in [0, 0.05) is 80.4 Å². The third kappa shape index (κ3) is 14.7. The summed E-state index contributed by atoms with van der Waals surface area (Å²) in [6.07, 6.45) is 34.9. The summed E-state index contributed by atoms with van der Waals surface area (Å²) in [5.74, 6) is -0.0475. The van der Waals surface area contributed by atoms with Crippen molar-refractivity contribution in [3.63, 3.8) is 0 Å². The van der Waals surface area contributed by atoms with Crippen LogP contribution in [0.3, 0.4) is 0 Å². The van der Waals surface area contributed by atoms with E-state index in [0.717, 1.165) is 158 Å². The van der Waals surface area contributed by atoms with Crippen LogP contribution in [0.1, 0.15) is 316 Å². The molecule has 5 aliphatic rings. The Labute approximate surface area is 596 Å². The van der Waals surface area contributed by atoms with Gasteiger partial charge in [0.15, 0.2) is 0 Å². The second kappa shape index (κ2) is 33.5. The highest BCUT2D eigenvalue weighted by Crippen LogP contribution is 2.65. The van der Waals surface area contributed by atoms with Crippen molar-refractivity contribution in [3.8, 4) is 29.3 Å². The molecule has 11 rings (SSSR count). The van der Waals surface area contributed by atoms with E-state index >= 15 is 19.2 Å². The van der Waals surface area contributed by atoms with Gasteiger partial charge in [-0.1, -0.05) is 223 Å². The molecule has 0 saturated carbocycles. The minimum atomic E-state index is -0.541. The second-order valence-corrected chi connectivity index (χ2v) is 35.4. The fourth-order valence-corrected chi connectivity index (χ4v) is 24.4. The number of carbonyl (C=O) groups is 4. The first kappa shape index (κ1) is 72.3. The molecule has 8 nitrogen and oxygen atoms in total. The van der Waals surface area contributed by atoms with E-state index in [0.29, 0.717) is 49.9 Å². The number of carbonyl (C=O) groups excluding carboxylic acids is 4. The zero-order valence-electron chi connectivity index (χ0n) is 59.7. The van der Waals surface area contributed by atoms with E-state index < -0.39 is 23.7 Å². The third-order valence-corrected chi connectivity index (χ3v) is 30.2. The molecule has 14 heteroatoms. The molecular formula is C81H114N4O4S6. The molecule has 6 aromatic heterocycles. The summed E-state index contributed by atoms with van der Waals surface area (Å²) in [5, 5.41) is 4.30. The van der Waals surface area contributed by atoms with E-state index in [4.69, 9.17) is 0 Å². The number of anilines is 4. The second-order valence-electron chi connectivity index (χ2n) is 29.3. The highest BCUT2D eigenvalue weighted by Gasteiger charge is 2.55. The third-order valence-electron chi connectivity index (χ3n) is 23.0. The largest absolute Gasteiger partial charge is 0.310 e. The highest BCUT2D eigenvalue weighted by molar-refractivity contribution is 7.29. The molecule has 0 saturated heterocycles. The van der Waals surface area contributed by atoms with Crippen molar-refractivity contribution in [2.45, 2.75) is 291 Å². The summed E-state index contributed by atoms with van der Waals surface area (Å²) < 4.78 is 0. The fourth-order valence-electron chi connectivity index (χ4n) is 17.0. The van der Waals surface area contributed by atoms with Gasteiger partial charge in [-0.15, -0.1) is 68.0 Å². The van der Waals surface area contributed by atoms with Crippen molar-refractivity contribution in [1.82, 2.24) is 0 Å². The maximum atomic E-state index is 15.5. The maximum Gasteiger partial charge on any atom is 0.236 e. The van der Waals surface area contributed by atoms with Crippen LogP contribution in [0.15, 0.2) is 47.2 Å². The number of thiophene rings is 6. The molecular weight excluding hydrogens is 1290 g/mol. The molecule has 0 fully saturated rings. The monoisotopic (exact) mass is 1400 g/mol. The van der Waals surface area contributed by atoms with Crippen LogP contribution in [0.4, 0.5) is 22.7 Å². The van der Waals surface area contributed by atoms with Crippen LogP contribution in [0.5, 0.6) is 0 Å². The first-order chi connectivity index (χ1) is 46.4. The Kier molecular flexibility index (Phi) is 25.5. The van der Waals surface area contributed by atoms with Crippen LogP contribution in [0, 0.1) is 23.7 Å². The van der Waals surface area contributed by atoms with E-state index in [1.54, 1.807) is 45.3 Å². The summed E-state index contributed by atoms with van der Waals surface area (Å²) in [5.41, 5.74) is 7.01. The maximum absolute atomic E-state index is 15.5. The van der Waals surface area contributed by atoms with Crippen molar-refractivity contribution in [3.05, 3.63) is 77.8 Å². The van der Waals surface area contributed by atoms with Crippen LogP contribution in [0.2, 0.25) is 0 Å². The predicted octanol–water partition coefficient (Wildman–Crippen LogP) is 25.1. The first-order valence-corrected chi connectivity index (χ1v) is 43.4. The fraction of sp³-hybridized carbons (Fsp3) is 0.654. The lowest BCUT2D eigenvalue weighted by Crippen LogP contribution is -2.39. The molecule has 95 heavy (non-hydrogen) atoms. The number of amides is 4. The zero-order chi connectivity index (χ0) is 66.9. The zero-order valence-corrected chi connectivity index (χ0v) is 64.5. The van der Waals surface area contributed by atoms with E-state index in [1.165, 1.54) is 117 Å². The summed E-state index contributed by atoms with van der Waals surface area (Å²) >= 11 is 10.9. The van der Waals surface area contributed by atoms with Crippen LogP contribution in [-0.2, 0) is 24.6 Å². The lowest BCUT2D eigenvalue weighted by molar-refractivity contribution is -0.125. The predicted molar refractivity (Wildman–Crippen MR) is 413 cm³/mol. The van der Waals surface area contributed by atoms with Crippen molar-refractivity contribution < 1.29 is 19.2 Å². The molecule has 8 atom stereocenters. The van der Waals surface area contributed by atoms with Gasteiger partial charge in [-0.25, -0.2) is 0 Å². The van der Waals surface area contributed by atoms with Crippen molar-refractivity contribution >= 4 is 114 Å². The number of fused-ring (bicyclic) bond motifs is 7. The number of nitrogens with zero attached hydrogens (tertiary/aromatic N) is 4. The van der Waals surface area contributed by atoms with Crippen molar-refractivity contribution in [2.75, 3.05) is 45.8 Å². The molecule has 10 heterocycles. The lowest BCUT2D eigenvalue weighted by Gasteiger charge is -2.31. The van der Waals surface area contributed by atoms with E-state index in [-0.39, 0.29) is 29.0 Å². The smallest absolute Gasteiger partial charge is 0.236 e. The SMILES string of the molecule is CCCCCCCCC1(CCCCCCCC)c2cc(-c3cc4c(s3)C(C3C(=O)N(CC(CC)CCCC)c5ccsc53)C(=O)N4CC(CC)CCCC)sc2-c2sc(-c3cc4c(s3)C(C3C(=O)N(CC(CC)CCCC)c5ccsc53)C(=O)N4CC(CC)CCCC)cc21. The highest BCUT2D eigenvalue weighted by atomic mass is 32.1. The molecule has 0 spiro atoms. The van der Waals surface area contributed by atoms with Crippen LogP contribution >= 0.6 is 68.0 Å². The molecule has 518 valence electrons. The minimum Gasteiger partial charge on any atom is -0.310 e. The Morgan fingerprint density at radius 3 is 0.968 bits per heavy atom. The molecule has 0 N–H and O–H groups in total. The number of rotatable bonds is 42. The standard InChI is InChI=1S/C81H114N4O4S6/c1-11-21-27-29-31-33-41-81(42-34-32-30-28-22-12-2)57-45-63(65-47-61-75(94-65)69(79(88)84(61)51-55(19-9)37-25-15-5)67-73-59(39-43-90-73)82(77(67)86)49-53(17-7)35-23-13-3)92-71(57)72-58(81)46-64(93-72)66-48-62-76(95-66)70(80(89)85(62)52-56(20-10)38-26-16-6)68-74-60(40-44-91-74)83(78(68)87)50-54(18-8)36-24-14-4/h39-40,43-48,53-56,67-70H,11-38,41-42,49-52H2,1-10H3. The van der Waals surface area contributed by atoms with Gasteiger partial charge in [0.2, 0.25) is 23.6 Å². The van der Waals surface area contributed by atoms with E-state index in [9.17, 15) is 0 Å². The molecule has 4 amide bonds. The Morgan fingerprint density at radius 1 is 0.347 bits per heavy atom. The molecule has 0 bridgehead atoms. The normalized spacial score (nSPS) is 19.8. The van der Waals surface area contributed by atoms with E-state index in [1.807, 2.05) is 22.7 Å². The van der Waals surface area contributed by atoms with Crippen molar-refractivity contribution in [2.24, 2.45) is 23.7 Å².